The summed E-state index contributed by atoms with van der Waals surface area (Å²) in [5.74, 6) is 8.15. The average molecular weight is 352 g/mol. The highest BCUT2D eigenvalue weighted by Crippen LogP contribution is 2.36. The van der Waals surface area contributed by atoms with Crippen LogP contribution < -0.4 is 11.3 Å². The van der Waals surface area contributed by atoms with Gasteiger partial charge in [0, 0.05) is 15.8 Å². The lowest BCUT2D eigenvalue weighted by Crippen LogP contribution is -2.27. The number of thiophene rings is 1. The summed E-state index contributed by atoms with van der Waals surface area (Å²) >= 11 is 8.60. The van der Waals surface area contributed by atoms with Gasteiger partial charge in [-0.1, -0.05) is 0 Å². The molecule has 0 saturated carbocycles. The van der Waals surface area contributed by atoms with Crippen LogP contribution in [0, 0.1) is 12.3 Å². The van der Waals surface area contributed by atoms with Crippen LogP contribution in [0.3, 0.4) is 0 Å². The summed E-state index contributed by atoms with van der Waals surface area (Å²) in [5, 5.41) is 0. The normalized spacial score (nSPS) is 12.4. The summed E-state index contributed by atoms with van der Waals surface area (Å²) in [6.07, 6.45) is 7.95. The van der Waals surface area contributed by atoms with Crippen LogP contribution >= 0.6 is 43.2 Å². The molecule has 82 valence electrons. The Balaban J connectivity index is 2.62. The Morgan fingerprint density at radius 1 is 1.60 bits per heavy atom. The molecule has 2 nitrogen and oxygen atoms in total. The molecule has 0 saturated heterocycles. The fourth-order valence-electron chi connectivity index (χ4n) is 1.25. The van der Waals surface area contributed by atoms with Gasteiger partial charge in [-0.25, -0.2) is 0 Å². The van der Waals surface area contributed by atoms with E-state index in [-0.39, 0.29) is 6.04 Å². The minimum atomic E-state index is 0.186. The third-order valence-electron chi connectivity index (χ3n) is 2.02. The van der Waals surface area contributed by atoms with Gasteiger partial charge in [0.25, 0.3) is 0 Å². The molecule has 1 unspecified atom stereocenters. The number of halogens is 2. The number of hydrogen-bond donors (Lipinski definition) is 2. The SMILES string of the molecule is C#CCCCC(NN)c1cc(Br)c(Br)s1. The van der Waals surface area contributed by atoms with Gasteiger partial charge in [0.2, 0.25) is 0 Å². The zero-order valence-corrected chi connectivity index (χ0v) is 12.1. The number of rotatable bonds is 5. The van der Waals surface area contributed by atoms with Crippen molar-refractivity contribution in [3.05, 3.63) is 19.2 Å². The standard InChI is InChI=1S/C10H12Br2N2S/c1-2-3-4-5-8(14-13)9-6-7(11)10(12)15-9/h1,6,8,14H,3-5,13H2. The smallest absolute Gasteiger partial charge is 0.0843 e. The number of hydrogen-bond acceptors (Lipinski definition) is 3. The van der Waals surface area contributed by atoms with Crippen LogP contribution in [0.5, 0.6) is 0 Å². The van der Waals surface area contributed by atoms with E-state index in [4.69, 9.17) is 12.3 Å². The number of nitrogens with two attached hydrogens (primary N) is 1. The Bertz CT molecular complexity index is 337. The maximum absolute atomic E-state index is 5.52. The molecular formula is C10H12Br2N2S. The molecule has 0 bridgehead atoms. The van der Waals surface area contributed by atoms with Gasteiger partial charge >= 0.3 is 0 Å². The van der Waals surface area contributed by atoms with E-state index in [9.17, 15) is 0 Å². The van der Waals surface area contributed by atoms with Crippen molar-refractivity contribution in [3.8, 4) is 12.3 Å². The molecule has 1 aromatic rings. The Hall–Kier alpha value is 0.140. The first-order valence-electron chi connectivity index (χ1n) is 4.53. The minimum absolute atomic E-state index is 0.186. The Morgan fingerprint density at radius 3 is 2.80 bits per heavy atom. The molecule has 0 fully saturated rings. The molecule has 1 aromatic heterocycles. The molecule has 1 atom stereocenters. The van der Waals surface area contributed by atoms with E-state index in [1.807, 2.05) is 0 Å². The molecule has 3 N–H and O–H groups in total. The van der Waals surface area contributed by atoms with Crippen LogP contribution in [0.1, 0.15) is 30.2 Å². The van der Waals surface area contributed by atoms with Crippen LogP contribution in [-0.2, 0) is 0 Å². The first kappa shape index (κ1) is 13.2. The number of unbranched alkanes of at least 4 members (excludes halogenated alkanes) is 1. The summed E-state index contributed by atoms with van der Waals surface area (Å²) in [6.45, 7) is 0. The van der Waals surface area contributed by atoms with Gasteiger partial charge in [-0.3, -0.25) is 11.3 Å². The van der Waals surface area contributed by atoms with Crippen molar-refractivity contribution in [2.45, 2.75) is 25.3 Å². The topological polar surface area (TPSA) is 38.0 Å². The summed E-state index contributed by atoms with van der Waals surface area (Å²) < 4.78 is 2.16. The van der Waals surface area contributed by atoms with E-state index in [2.05, 4.69) is 49.3 Å². The quantitative estimate of drug-likeness (QED) is 0.368. The molecule has 0 aliphatic rings. The predicted molar refractivity (Wildman–Crippen MR) is 72.5 cm³/mol. The highest BCUT2D eigenvalue weighted by atomic mass is 79.9. The van der Waals surface area contributed by atoms with Gasteiger partial charge in [-0.05, 0) is 50.8 Å². The van der Waals surface area contributed by atoms with Crippen molar-refractivity contribution in [1.29, 1.82) is 0 Å². The fraction of sp³-hybridized carbons (Fsp3) is 0.400. The van der Waals surface area contributed by atoms with Crippen LogP contribution in [0.2, 0.25) is 0 Å². The van der Waals surface area contributed by atoms with Crippen LogP contribution in [-0.4, -0.2) is 0 Å². The van der Waals surface area contributed by atoms with E-state index in [1.165, 1.54) is 4.88 Å². The van der Waals surface area contributed by atoms with Gasteiger partial charge in [-0.15, -0.1) is 23.7 Å². The first-order chi connectivity index (χ1) is 7.19. The molecular weight excluding hydrogens is 340 g/mol. The lowest BCUT2D eigenvalue weighted by atomic mass is 10.1. The Kier molecular flexibility index (Phi) is 5.87. The van der Waals surface area contributed by atoms with E-state index in [0.29, 0.717) is 0 Å². The van der Waals surface area contributed by atoms with Crippen molar-refractivity contribution in [1.82, 2.24) is 5.43 Å². The van der Waals surface area contributed by atoms with Gasteiger partial charge in [0.15, 0.2) is 0 Å². The Labute approximate surface area is 111 Å². The minimum Gasteiger partial charge on any atom is -0.271 e. The zero-order valence-electron chi connectivity index (χ0n) is 8.09. The average Bonchev–Trinajstić information content (AvgIpc) is 2.54. The van der Waals surface area contributed by atoms with Crippen LogP contribution in [0.15, 0.2) is 14.3 Å². The van der Waals surface area contributed by atoms with Crippen molar-refractivity contribution in [2.24, 2.45) is 5.84 Å². The number of terminal acetylenes is 1. The maximum Gasteiger partial charge on any atom is 0.0843 e. The summed E-state index contributed by atoms with van der Waals surface area (Å²) in [4.78, 5) is 1.22. The monoisotopic (exact) mass is 350 g/mol. The van der Waals surface area contributed by atoms with E-state index in [1.54, 1.807) is 11.3 Å². The molecule has 0 spiro atoms. The summed E-state index contributed by atoms with van der Waals surface area (Å²) in [5.41, 5.74) is 2.82. The lowest BCUT2D eigenvalue weighted by Gasteiger charge is -2.12. The maximum atomic E-state index is 5.52. The van der Waals surface area contributed by atoms with E-state index >= 15 is 0 Å². The summed E-state index contributed by atoms with van der Waals surface area (Å²) in [7, 11) is 0. The molecule has 0 aliphatic heterocycles. The van der Waals surface area contributed by atoms with E-state index in [0.717, 1.165) is 27.5 Å². The molecule has 0 aromatic carbocycles. The summed E-state index contributed by atoms with van der Waals surface area (Å²) in [6, 6.07) is 2.26. The van der Waals surface area contributed by atoms with E-state index < -0.39 is 0 Å². The fourth-order valence-corrected chi connectivity index (χ4v) is 3.44. The van der Waals surface area contributed by atoms with Crippen molar-refractivity contribution in [3.63, 3.8) is 0 Å². The second-order valence-corrected chi connectivity index (χ2v) is 6.34. The van der Waals surface area contributed by atoms with Gasteiger partial charge in [0.1, 0.15) is 0 Å². The number of nitrogens with one attached hydrogen (secondary N) is 1. The van der Waals surface area contributed by atoms with Crippen molar-refractivity contribution in [2.75, 3.05) is 0 Å². The number of hydrazine groups is 1. The molecule has 0 radical (unpaired) electrons. The molecule has 15 heavy (non-hydrogen) atoms. The highest BCUT2D eigenvalue weighted by molar-refractivity contribution is 9.13. The van der Waals surface area contributed by atoms with Gasteiger partial charge < -0.3 is 0 Å². The lowest BCUT2D eigenvalue weighted by molar-refractivity contribution is 0.509. The molecule has 5 heteroatoms. The zero-order chi connectivity index (χ0) is 11.3. The van der Waals surface area contributed by atoms with Gasteiger partial charge in [0.05, 0.1) is 9.83 Å². The largest absolute Gasteiger partial charge is 0.271 e. The molecule has 0 amide bonds. The van der Waals surface area contributed by atoms with Crippen LogP contribution in [0.25, 0.3) is 0 Å². The van der Waals surface area contributed by atoms with Crippen LogP contribution in [0.4, 0.5) is 0 Å². The molecule has 1 heterocycles. The predicted octanol–water partition coefficient (Wildman–Crippen LogP) is 3.58. The molecule has 1 rings (SSSR count). The Morgan fingerprint density at radius 2 is 2.33 bits per heavy atom. The highest BCUT2D eigenvalue weighted by Gasteiger charge is 2.13. The van der Waals surface area contributed by atoms with Gasteiger partial charge in [-0.2, -0.15) is 0 Å². The molecule has 0 aliphatic carbocycles. The first-order valence-corrected chi connectivity index (χ1v) is 6.93. The third kappa shape index (κ3) is 3.89. The second-order valence-electron chi connectivity index (χ2n) is 3.09. The third-order valence-corrected chi connectivity index (χ3v) is 5.39. The van der Waals surface area contributed by atoms with Crippen molar-refractivity contribution < 1.29 is 0 Å². The van der Waals surface area contributed by atoms with Crippen molar-refractivity contribution >= 4 is 43.2 Å². The second kappa shape index (κ2) is 6.66.